The second-order valence-electron chi connectivity index (χ2n) is 9.11. The summed E-state index contributed by atoms with van der Waals surface area (Å²) in [6, 6.07) is 9.82. The second kappa shape index (κ2) is 10.5. The number of benzene rings is 2. The molecule has 2 aliphatic rings. The molecule has 2 aromatic rings. The van der Waals surface area contributed by atoms with Gasteiger partial charge in [0.05, 0.1) is 22.4 Å². The fourth-order valence-corrected chi connectivity index (χ4v) is 5.41. The number of fused-ring (bicyclic) bond motifs is 1. The first-order chi connectivity index (χ1) is 16.7. The fourth-order valence-electron chi connectivity index (χ4n) is 4.99. The molecule has 1 aliphatic heterocycles. The average molecular weight is 519 g/mol. The van der Waals surface area contributed by atoms with E-state index in [0.29, 0.717) is 12.8 Å². The monoisotopic (exact) mass is 518 g/mol. The molecule has 3 amide bonds. The van der Waals surface area contributed by atoms with Gasteiger partial charge in [-0.3, -0.25) is 19.2 Å². The highest BCUT2D eigenvalue weighted by Gasteiger charge is 2.54. The van der Waals surface area contributed by atoms with Crippen molar-refractivity contribution in [3.8, 4) is 0 Å². The van der Waals surface area contributed by atoms with E-state index < -0.39 is 47.2 Å². The van der Waals surface area contributed by atoms with E-state index in [2.05, 4.69) is 0 Å². The standard InChI is InChI=1S/C26H25Cl2FN2O4/c1-15-6-11-18-20(14-15)26(35)31(24(18)33)30(25(34)19-4-2-3-5-21(19)28)22(12-13-27)23(32)16-7-9-17(29)10-8-16/h2-5,7-10,15,18,20,22H,6,11-14H2,1H3/t15-,18+,20+,22+/m1/s1. The number of hydrogen-bond acceptors (Lipinski definition) is 4. The first-order valence-corrected chi connectivity index (χ1v) is 12.5. The number of imide groups is 1. The number of alkyl halides is 1. The number of ketones is 1. The molecule has 184 valence electrons. The van der Waals surface area contributed by atoms with Crippen molar-refractivity contribution in [2.24, 2.45) is 17.8 Å². The molecule has 1 aliphatic carbocycles. The number of nitrogens with zero attached hydrogens (tertiary/aromatic N) is 2. The molecule has 6 nitrogen and oxygen atoms in total. The first-order valence-electron chi connectivity index (χ1n) is 11.6. The summed E-state index contributed by atoms with van der Waals surface area (Å²) in [5.74, 6) is -3.70. The number of hydrogen-bond donors (Lipinski definition) is 0. The molecule has 35 heavy (non-hydrogen) atoms. The van der Waals surface area contributed by atoms with Crippen molar-refractivity contribution in [1.29, 1.82) is 0 Å². The van der Waals surface area contributed by atoms with Gasteiger partial charge >= 0.3 is 0 Å². The second-order valence-corrected chi connectivity index (χ2v) is 9.90. The lowest BCUT2D eigenvalue weighted by atomic mass is 9.76. The number of amides is 3. The van der Waals surface area contributed by atoms with Crippen LogP contribution in [0, 0.1) is 23.6 Å². The Labute approximate surface area is 212 Å². The van der Waals surface area contributed by atoms with E-state index in [1.54, 1.807) is 12.1 Å². The molecule has 1 saturated carbocycles. The molecular weight excluding hydrogens is 494 g/mol. The van der Waals surface area contributed by atoms with Gasteiger partial charge in [-0.25, -0.2) is 9.40 Å². The van der Waals surface area contributed by atoms with Crippen LogP contribution in [0.25, 0.3) is 0 Å². The van der Waals surface area contributed by atoms with Gasteiger partial charge < -0.3 is 0 Å². The van der Waals surface area contributed by atoms with Gasteiger partial charge in [-0.2, -0.15) is 5.01 Å². The van der Waals surface area contributed by atoms with Gasteiger partial charge in [-0.1, -0.05) is 30.7 Å². The Morgan fingerprint density at radius 3 is 2.37 bits per heavy atom. The minimum absolute atomic E-state index is 0.0238. The maximum Gasteiger partial charge on any atom is 0.275 e. The van der Waals surface area contributed by atoms with Crippen molar-refractivity contribution in [1.82, 2.24) is 10.0 Å². The lowest BCUT2D eigenvalue weighted by Gasteiger charge is -2.36. The van der Waals surface area contributed by atoms with Crippen LogP contribution in [-0.4, -0.2) is 45.4 Å². The van der Waals surface area contributed by atoms with E-state index in [0.717, 1.165) is 28.6 Å². The number of carbonyl (C=O) groups excluding carboxylic acids is 4. The van der Waals surface area contributed by atoms with E-state index in [-0.39, 0.29) is 34.4 Å². The molecule has 0 spiro atoms. The van der Waals surface area contributed by atoms with Crippen molar-refractivity contribution in [3.63, 3.8) is 0 Å². The summed E-state index contributed by atoms with van der Waals surface area (Å²) < 4.78 is 13.5. The molecule has 0 aromatic heterocycles. The van der Waals surface area contributed by atoms with Crippen LogP contribution in [0.1, 0.15) is 53.3 Å². The van der Waals surface area contributed by atoms with E-state index in [4.69, 9.17) is 23.2 Å². The van der Waals surface area contributed by atoms with Gasteiger partial charge in [0, 0.05) is 11.4 Å². The zero-order valence-electron chi connectivity index (χ0n) is 19.1. The van der Waals surface area contributed by atoms with Crippen LogP contribution in [-0.2, 0) is 9.59 Å². The van der Waals surface area contributed by atoms with Crippen LogP contribution in [0.2, 0.25) is 5.02 Å². The molecule has 0 unspecified atom stereocenters. The van der Waals surface area contributed by atoms with Crippen molar-refractivity contribution in [2.75, 3.05) is 5.88 Å². The zero-order chi connectivity index (χ0) is 25.3. The molecular formula is C26H25Cl2FN2O4. The molecule has 2 fully saturated rings. The molecule has 0 radical (unpaired) electrons. The molecule has 0 bridgehead atoms. The third-order valence-electron chi connectivity index (χ3n) is 6.80. The van der Waals surface area contributed by atoms with E-state index in [1.165, 1.54) is 24.3 Å². The molecule has 9 heteroatoms. The summed E-state index contributed by atoms with van der Waals surface area (Å²) in [5.41, 5.74) is 0.174. The topological polar surface area (TPSA) is 74.8 Å². The lowest BCUT2D eigenvalue weighted by Crippen LogP contribution is -2.57. The highest BCUT2D eigenvalue weighted by atomic mass is 35.5. The summed E-state index contributed by atoms with van der Waals surface area (Å²) in [7, 11) is 0. The first kappa shape index (κ1) is 25.3. The summed E-state index contributed by atoms with van der Waals surface area (Å²) in [6.45, 7) is 2.03. The normalized spacial score (nSPS) is 22.6. The summed E-state index contributed by atoms with van der Waals surface area (Å²) in [5, 5.41) is 1.90. The Morgan fingerprint density at radius 2 is 1.71 bits per heavy atom. The van der Waals surface area contributed by atoms with E-state index >= 15 is 0 Å². The molecule has 4 rings (SSSR count). The molecule has 2 aromatic carbocycles. The largest absolute Gasteiger partial charge is 0.292 e. The van der Waals surface area contributed by atoms with E-state index in [1.807, 2.05) is 6.92 Å². The van der Waals surface area contributed by atoms with Crippen LogP contribution < -0.4 is 0 Å². The van der Waals surface area contributed by atoms with Gasteiger partial charge in [0.1, 0.15) is 11.9 Å². The summed E-state index contributed by atoms with van der Waals surface area (Å²) in [4.78, 5) is 54.5. The Hall–Kier alpha value is -2.77. The number of halogens is 3. The highest BCUT2D eigenvalue weighted by molar-refractivity contribution is 6.34. The Balaban J connectivity index is 1.82. The van der Waals surface area contributed by atoms with E-state index in [9.17, 15) is 23.6 Å². The van der Waals surface area contributed by atoms with Gasteiger partial charge in [0.25, 0.3) is 17.7 Å². The number of carbonyl (C=O) groups is 4. The third kappa shape index (κ3) is 4.84. The van der Waals surface area contributed by atoms with Crippen LogP contribution in [0.5, 0.6) is 0 Å². The minimum Gasteiger partial charge on any atom is -0.292 e. The summed E-state index contributed by atoms with van der Waals surface area (Å²) in [6.07, 6.45) is 1.84. The van der Waals surface area contributed by atoms with Crippen LogP contribution >= 0.6 is 23.2 Å². The SMILES string of the molecule is C[C@@H]1CC[C@@H]2C(=O)N(N(C(=O)c3ccccc3Cl)[C@@H](CCCl)C(=O)c3ccc(F)cc3)C(=O)[C@H]2C1. The highest BCUT2D eigenvalue weighted by Crippen LogP contribution is 2.42. The smallest absolute Gasteiger partial charge is 0.275 e. The lowest BCUT2D eigenvalue weighted by molar-refractivity contribution is -0.156. The van der Waals surface area contributed by atoms with Gasteiger partial charge in [0.15, 0.2) is 5.78 Å². The molecule has 1 heterocycles. The number of hydrazine groups is 1. The van der Waals surface area contributed by atoms with Gasteiger partial charge in [-0.05, 0) is 68.0 Å². The third-order valence-corrected chi connectivity index (χ3v) is 7.35. The maximum absolute atomic E-state index is 13.9. The Morgan fingerprint density at radius 1 is 1.06 bits per heavy atom. The quantitative estimate of drug-likeness (QED) is 0.289. The minimum atomic E-state index is -1.27. The van der Waals surface area contributed by atoms with Crippen LogP contribution in [0.3, 0.4) is 0 Å². The Kier molecular flexibility index (Phi) is 7.57. The summed E-state index contributed by atoms with van der Waals surface area (Å²) >= 11 is 12.3. The van der Waals surface area contributed by atoms with Gasteiger partial charge in [-0.15, -0.1) is 11.6 Å². The van der Waals surface area contributed by atoms with Crippen molar-refractivity contribution >= 4 is 46.7 Å². The number of rotatable bonds is 7. The van der Waals surface area contributed by atoms with Gasteiger partial charge in [0.2, 0.25) is 0 Å². The number of Topliss-reactive ketones (excluding diaryl/α,β-unsaturated/α-hetero) is 1. The van der Waals surface area contributed by atoms with Crippen molar-refractivity contribution in [3.05, 3.63) is 70.5 Å². The molecule has 0 N–H and O–H groups in total. The maximum atomic E-state index is 13.9. The van der Waals surface area contributed by atoms with Crippen LogP contribution in [0.15, 0.2) is 48.5 Å². The van der Waals surface area contributed by atoms with Crippen LogP contribution in [0.4, 0.5) is 4.39 Å². The average Bonchev–Trinajstić information content (AvgIpc) is 3.08. The molecule has 1 saturated heterocycles. The predicted molar refractivity (Wildman–Crippen MR) is 129 cm³/mol. The predicted octanol–water partition coefficient (Wildman–Crippen LogP) is 5.14. The fraction of sp³-hybridized carbons (Fsp3) is 0.385. The van der Waals surface area contributed by atoms with Crippen molar-refractivity contribution < 1.29 is 23.6 Å². The van der Waals surface area contributed by atoms with Crippen molar-refractivity contribution in [2.45, 2.75) is 38.6 Å². The zero-order valence-corrected chi connectivity index (χ0v) is 20.6. The molecule has 4 atom stereocenters. The Bertz CT molecular complexity index is 1160.